The van der Waals surface area contributed by atoms with Crippen LogP contribution in [-0.4, -0.2) is 87.2 Å². The van der Waals surface area contributed by atoms with Crippen molar-refractivity contribution in [3.63, 3.8) is 0 Å². The first-order chi connectivity index (χ1) is 16.3. The Morgan fingerprint density at radius 1 is 1.51 bits per heavy atom. The fourth-order valence-corrected chi connectivity index (χ4v) is 5.29. The third-order valence-electron chi connectivity index (χ3n) is 6.07. The van der Waals surface area contributed by atoms with Crippen molar-refractivity contribution in [1.29, 1.82) is 5.26 Å². The fourth-order valence-electron chi connectivity index (χ4n) is 4.07. The Hall–Kier alpha value is -1.72. The summed E-state index contributed by atoms with van der Waals surface area (Å²) in [7, 11) is -0.866. The number of urea groups is 1. The summed E-state index contributed by atoms with van der Waals surface area (Å²) in [5, 5.41) is 26.1. The van der Waals surface area contributed by atoms with Crippen LogP contribution >= 0.6 is 8.53 Å². The lowest BCUT2D eigenvalue weighted by molar-refractivity contribution is -0.121. The molecule has 13 nitrogen and oxygen atoms in total. The number of hydrogen-bond acceptors (Lipinski definition) is 11. The number of ether oxygens (including phenoxy) is 2. The van der Waals surface area contributed by atoms with Crippen LogP contribution in [0.1, 0.15) is 47.5 Å². The quantitative estimate of drug-likeness (QED) is 0.179. The topological polar surface area (TPSA) is 183 Å². The molecule has 1 saturated heterocycles. The summed E-state index contributed by atoms with van der Waals surface area (Å²) in [6.07, 6.45) is -0.195. The number of hydrazine groups is 1. The Balaban J connectivity index is 2.19. The predicted molar refractivity (Wildman–Crippen MR) is 127 cm³/mol. The van der Waals surface area contributed by atoms with Crippen LogP contribution in [0.25, 0.3) is 0 Å². The molecule has 6 atom stereocenters. The minimum absolute atomic E-state index is 0.0381. The smallest absolute Gasteiger partial charge is 0.325 e. The van der Waals surface area contributed by atoms with Gasteiger partial charge in [-0.05, 0) is 47.1 Å². The number of methoxy groups -OCH3 is 1. The zero-order chi connectivity index (χ0) is 26.6. The second-order valence-corrected chi connectivity index (χ2v) is 10.4. The van der Waals surface area contributed by atoms with Gasteiger partial charge in [0.1, 0.15) is 18.3 Å². The van der Waals surface area contributed by atoms with E-state index in [2.05, 4.69) is 16.6 Å². The monoisotopic (exact) mass is 516 g/mol. The van der Waals surface area contributed by atoms with Crippen LogP contribution in [0.15, 0.2) is 12.3 Å². The van der Waals surface area contributed by atoms with Crippen molar-refractivity contribution in [2.75, 3.05) is 13.7 Å². The molecule has 1 fully saturated rings. The van der Waals surface area contributed by atoms with Gasteiger partial charge in [0.2, 0.25) is 0 Å². The minimum Gasteiger partial charge on any atom is -0.394 e. The third-order valence-corrected chi connectivity index (χ3v) is 6.90. The number of rotatable bonds is 12. The molecule has 0 spiro atoms. The number of aliphatic hydroxyl groups is 1. The van der Waals surface area contributed by atoms with Crippen molar-refractivity contribution in [2.24, 2.45) is 5.73 Å². The van der Waals surface area contributed by atoms with Crippen molar-refractivity contribution in [1.82, 2.24) is 20.4 Å². The molecule has 198 valence electrons. The van der Waals surface area contributed by atoms with Gasteiger partial charge in [0.15, 0.2) is 17.7 Å². The Morgan fingerprint density at radius 3 is 2.66 bits per heavy atom. The molecule has 0 aromatic carbocycles. The van der Waals surface area contributed by atoms with Crippen LogP contribution in [-0.2, 0) is 18.8 Å². The largest absolute Gasteiger partial charge is 0.394 e. The molecule has 0 bridgehead atoms. The lowest BCUT2D eigenvalue weighted by Crippen LogP contribution is -2.65. The summed E-state index contributed by atoms with van der Waals surface area (Å²) >= 11 is 0. The molecule has 2 amide bonds. The Bertz CT molecular complexity index is 837. The number of ketones is 1. The van der Waals surface area contributed by atoms with E-state index in [-0.39, 0.29) is 6.04 Å². The van der Waals surface area contributed by atoms with Gasteiger partial charge in [-0.15, -0.1) is 0 Å². The van der Waals surface area contributed by atoms with E-state index in [4.69, 9.17) is 25.0 Å². The Morgan fingerprint density at radius 2 is 2.17 bits per heavy atom. The average molecular weight is 517 g/mol. The third kappa shape index (κ3) is 6.74. The van der Waals surface area contributed by atoms with Gasteiger partial charge in [0.25, 0.3) is 8.53 Å². The molecule has 2 aliphatic heterocycles. The van der Waals surface area contributed by atoms with Crippen molar-refractivity contribution < 1.29 is 33.6 Å². The first-order valence-corrected chi connectivity index (χ1v) is 12.5. The summed E-state index contributed by atoms with van der Waals surface area (Å²) in [5.74, 6) is -0.448. The summed E-state index contributed by atoms with van der Waals surface area (Å²) in [6.45, 7) is 8.57. The number of amides is 2. The van der Waals surface area contributed by atoms with E-state index in [0.29, 0.717) is 12.8 Å². The molecule has 2 aliphatic rings. The highest BCUT2D eigenvalue weighted by Crippen LogP contribution is 2.39. The highest BCUT2D eigenvalue weighted by Gasteiger charge is 2.51. The van der Waals surface area contributed by atoms with E-state index in [0.717, 1.165) is 4.90 Å². The summed E-state index contributed by atoms with van der Waals surface area (Å²) in [4.78, 5) is 36.4. The summed E-state index contributed by atoms with van der Waals surface area (Å²) in [5.41, 5.74) is 3.81. The van der Waals surface area contributed by atoms with Crippen LogP contribution in [0.3, 0.4) is 0 Å². The Labute approximate surface area is 207 Å². The van der Waals surface area contributed by atoms with Gasteiger partial charge in [-0.1, -0.05) is 0 Å². The van der Waals surface area contributed by atoms with Crippen molar-refractivity contribution >= 4 is 20.3 Å². The van der Waals surface area contributed by atoms with Crippen LogP contribution in [0.4, 0.5) is 4.79 Å². The van der Waals surface area contributed by atoms with Gasteiger partial charge in [0.05, 0.1) is 12.7 Å². The van der Waals surface area contributed by atoms with Gasteiger partial charge in [-0.25, -0.2) is 9.80 Å². The normalized spacial score (nSPS) is 30.0. The number of nitriles is 1. The molecule has 6 N–H and O–H groups in total. The molecule has 0 radical (unpaired) electrons. The number of hydrogen-bond donors (Lipinski definition) is 5. The number of Topliss-reactive ketones (excluding diaryl/α,β-unsaturated/α-hetero) is 1. The van der Waals surface area contributed by atoms with Gasteiger partial charge in [-0.2, -0.15) is 10.5 Å². The molecule has 14 heteroatoms. The highest BCUT2D eigenvalue weighted by atomic mass is 31.2. The van der Waals surface area contributed by atoms with Crippen molar-refractivity contribution in [2.45, 2.75) is 89.2 Å². The molecule has 0 aromatic rings. The standard InChI is InChI=1S/C21H37N6O7P/c1-13(2)27(20(4,5)8-7-10-22)25-35(31)34-16-15(12-28)33-18(17(16)32-6)26-11-9-21(23,14(3)29)24-19(26)30/h9,11,13,15-18,25,28,31H,7-8,12,23H2,1-6H3,(H,24,30)/t15-,16-,17-,18-,21?,35?/m1/s1. The summed E-state index contributed by atoms with van der Waals surface area (Å²) < 4.78 is 17.3. The van der Waals surface area contributed by atoms with Crippen molar-refractivity contribution in [3.05, 3.63) is 12.3 Å². The number of nitrogens with one attached hydrogen (secondary N) is 2. The van der Waals surface area contributed by atoms with Crippen LogP contribution in [0.5, 0.6) is 0 Å². The molecular weight excluding hydrogens is 479 g/mol. The first kappa shape index (κ1) is 29.5. The number of nitrogens with two attached hydrogens (primary N) is 1. The second-order valence-electron chi connectivity index (χ2n) is 9.40. The number of aliphatic hydroxyl groups excluding tert-OH is 1. The molecule has 2 rings (SSSR count). The van der Waals surface area contributed by atoms with E-state index in [1.807, 2.05) is 32.7 Å². The summed E-state index contributed by atoms with van der Waals surface area (Å²) in [6, 6.07) is 1.41. The van der Waals surface area contributed by atoms with E-state index < -0.39 is 62.7 Å². The average Bonchev–Trinajstić information content (AvgIpc) is 3.12. The maximum atomic E-state index is 12.7. The first-order valence-electron chi connectivity index (χ1n) is 11.3. The van der Waals surface area contributed by atoms with Crippen LogP contribution in [0.2, 0.25) is 0 Å². The highest BCUT2D eigenvalue weighted by molar-refractivity contribution is 7.43. The van der Waals surface area contributed by atoms with Gasteiger partial charge in [-0.3, -0.25) is 15.4 Å². The second kappa shape index (κ2) is 12.0. The molecule has 0 aliphatic carbocycles. The van der Waals surface area contributed by atoms with Crippen LogP contribution in [0, 0.1) is 11.3 Å². The zero-order valence-electron chi connectivity index (χ0n) is 21.0. The van der Waals surface area contributed by atoms with Gasteiger partial charge in [0, 0.05) is 31.3 Å². The number of carbonyl (C=O) groups excluding carboxylic acids is 2. The van der Waals surface area contributed by atoms with E-state index in [1.165, 1.54) is 26.3 Å². The minimum atomic E-state index is -2.26. The molecule has 2 heterocycles. The molecular formula is C21H37N6O7P. The van der Waals surface area contributed by atoms with Gasteiger partial charge < -0.3 is 29.3 Å². The zero-order valence-corrected chi connectivity index (χ0v) is 21.9. The SMILES string of the molecule is CO[C@@H]1[C@H](OP(O)NN(C(C)C)C(C)(C)CCC#N)[C@@H](CO)O[C@H]1N1C=CC(N)(C(C)=O)NC1=O. The molecule has 35 heavy (non-hydrogen) atoms. The van der Waals surface area contributed by atoms with Crippen LogP contribution < -0.4 is 16.2 Å². The van der Waals surface area contributed by atoms with E-state index >= 15 is 0 Å². The fraction of sp³-hybridized carbons (Fsp3) is 0.762. The number of carbonyl (C=O) groups is 2. The van der Waals surface area contributed by atoms with Crippen molar-refractivity contribution in [3.8, 4) is 6.07 Å². The lowest BCUT2D eigenvalue weighted by atomic mass is 9.97. The van der Waals surface area contributed by atoms with E-state index in [1.54, 1.807) is 0 Å². The lowest BCUT2D eigenvalue weighted by Gasteiger charge is -2.42. The molecule has 0 aromatic heterocycles. The van der Waals surface area contributed by atoms with Gasteiger partial charge >= 0.3 is 6.03 Å². The maximum Gasteiger partial charge on any atom is 0.325 e. The maximum absolute atomic E-state index is 12.7. The predicted octanol–water partition coefficient (Wildman–Crippen LogP) is 0.403. The number of nitrogens with zero attached hydrogens (tertiary/aromatic N) is 3. The van der Waals surface area contributed by atoms with E-state index in [9.17, 15) is 19.6 Å². The molecule has 0 saturated carbocycles. The molecule has 2 unspecified atom stereocenters. The Kier molecular flexibility index (Phi) is 10.1.